The van der Waals surface area contributed by atoms with Gasteiger partial charge in [0, 0.05) is 58.1 Å². The zero-order chi connectivity index (χ0) is 19.7. The Morgan fingerprint density at radius 2 is 1.11 bits per heavy atom. The van der Waals surface area contributed by atoms with Gasteiger partial charge in [0.2, 0.25) is 0 Å². The summed E-state index contributed by atoms with van der Waals surface area (Å²) in [5, 5.41) is 5.79. The lowest BCUT2D eigenvalue weighted by atomic mass is 10.1. The molecule has 4 rings (SSSR count). The molecule has 0 saturated heterocycles. The summed E-state index contributed by atoms with van der Waals surface area (Å²) in [6.07, 6.45) is 0. The van der Waals surface area contributed by atoms with Crippen molar-refractivity contribution in [2.24, 2.45) is 0 Å². The Hall–Kier alpha value is -2.70. The van der Waals surface area contributed by atoms with Gasteiger partial charge in [-0.3, -0.25) is 9.59 Å². The minimum atomic E-state index is -0.0146. The molecule has 0 spiro atoms. The Morgan fingerprint density at radius 3 is 1.54 bits per heavy atom. The Kier molecular flexibility index (Phi) is 5.15. The van der Waals surface area contributed by atoms with Crippen LogP contribution >= 0.6 is 22.7 Å². The predicted octanol–water partition coefficient (Wildman–Crippen LogP) is 4.96. The predicted molar refractivity (Wildman–Crippen MR) is 118 cm³/mol. The normalized spacial score (nSPS) is 11.1. The van der Waals surface area contributed by atoms with Gasteiger partial charge in [0.1, 0.15) is 0 Å². The smallest absolute Gasteiger partial charge is 0.255 e. The molecule has 0 fully saturated rings. The fourth-order valence-electron chi connectivity index (χ4n) is 3.20. The monoisotopic (exact) mass is 408 g/mol. The number of carbonyl (C=O) groups is 2. The second kappa shape index (κ2) is 7.73. The molecule has 0 N–H and O–H groups in total. The Balaban J connectivity index is 1.43. The second-order valence-electron chi connectivity index (χ2n) is 6.74. The fourth-order valence-corrected chi connectivity index (χ4v) is 5.07. The van der Waals surface area contributed by atoms with E-state index in [2.05, 4.69) is 0 Å². The molecule has 4 aromatic rings. The molecule has 2 amide bonds. The molecule has 2 heterocycles. The lowest BCUT2D eigenvalue weighted by molar-refractivity contribution is 0.0721. The summed E-state index contributed by atoms with van der Waals surface area (Å²) in [6, 6.07) is 15.8. The van der Waals surface area contributed by atoms with E-state index >= 15 is 0 Å². The first kappa shape index (κ1) is 18.7. The van der Waals surface area contributed by atoms with E-state index in [0.29, 0.717) is 13.1 Å². The van der Waals surface area contributed by atoms with Crippen LogP contribution < -0.4 is 0 Å². The number of thiophene rings is 2. The summed E-state index contributed by atoms with van der Waals surface area (Å²) < 4.78 is 2.21. The van der Waals surface area contributed by atoms with Crippen molar-refractivity contribution in [3.05, 3.63) is 70.4 Å². The number of benzene rings is 2. The number of hydrogen-bond donors (Lipinski definition) is 0. The van der Waals surface area contributed by atoms with Crippen LogP contribution in [0.2, 0.25) is 0 Å². The van der Waals surface area contributed by atoms with E-state index in [9.17, 15) is 9.59 Å². The highest BCUT2D eigenvalue weighted by Gasteiger charge is 2.19. The van der Waals surface area contributed by atoms with Crippen LogP contribution in [0.15, 0.2) is 59.3 Å². The van der Waals surface area contributed by atoms with Crippen molar-refractivity contribution < 1.29 is 9.59 Å². The lowest BCUT2D eigenvalue weighted by Crippen LogP contribution is -2.37. The summed E-state index contributed by atoms with van der Waals surface area (Å²) in [5.41, 5.74) is 1.45. The third-order valence-corrected chi connectivity index (χ3v) is 6.81. The minimum Gasteiger partial charge on any atom is -0.340 e. The third-order valence-electron chi connectivity index (χ3n) is 4.89. The molecule has 0 radical (unpaired) electrons. The van der Waals surface area contributed by atoms with Crippen molar-refractivity contribution in [2.45, 2.75) is 0 Å². The molecule has 142 valence electrons. The molecule has 0 bridgehead atoms. The van der Waals surface area contributed by atoms with Crippen molar-refractivity contribution in [3.63, 3.8) is 0 Å². The first-order valence-electron chi connectivity index (χ1n) is 8.99. The van der Waals surface area contributed by atoms with Gasteiger partial charge in [0.05, 0.1) is 11.1 Å². The highest BCUT2D eigenvalue weighted by Crippen LogP contribution is 2.27. The summed E-state index contributed by atoms with van der Waals surface area (Å²) in [6.45, 7) is 0.959. The number of fused-ring (bicyclic) bond motifs is 2. The molecule has 0 unspecified atom stereocenters. The van der Waals surface area contributed by atoms with E-state index in [1.807, 2.05) is 59.3 Å². The van der Waals surface area contributed by atoms with Gasteiger partial charge < -0.3 is 9.80 Å². The molecule has 6 heteroatoms. The highest BCUT2D eigenvalue weighted by molar-refractivity contribution is 7.17. The van der Waals surface area contributed by atoms with Gasteiger partial charge in [-0.15, -0.1) is 22.7 Å². The van der Waals surface area contributed by atoms with Crippen LogP contribution in [-0.4, -0.2) is 48.8 Å². The zero-order valence-electron chi connectivity index (χ0n) is 15.7. The van der Waals surface area contributed by atoms with Gasteiger partial charge in [-0.05, 0) is 12.1 Å². The Bertz CT molecular complexity index is 1070. The largest absolute Gasteiger partial charge is 0.340 e. The minimum absolute atomic E-state index is 0.0146. The van der Waals surface area contributed by atoms with Crippen molar-refractivity contribution in [2.75, 3.05) is 27.2 Å². The summed E-state index contributed by atoms with van der Waals surface area (Å²) >= 11 is 3.15. The van der Waals surface area contributed by atoms with Crippen molar-refractivity contribution >= 4 is 54.7 Å². The maximum Gasteiger partial charge on any atom is 0.255 e. The van der Waals surface area contributed by atoms with E-state index in [-0.39, 0.29) is 11.8 Å². The van der Waals surface area contributed by atoms with Gasteiger partial charge in [-0.1, -0.05) is 36.4 Å². The molecule has 28 heavy (non-hydrogen) atoms. The zero-order valence-corrected chi connectivity index (χ0v) is 17.3. The molecule has 0 atom stereocenters. The Morgan fingerprint density at radius 1 is 0.714 bits per heavy atom. The average Bonchev–Trinajstić information content (AvgIpc) is 3.35. The van der Waals surface area contributed by atoms with Crippen LogP contribution in [0.1, 0.15) is 20.7 Å². The second-order valence-corrected chi connectivity index (χ2v) is 8.57. The molecule has 0 saturated carbocycles. The van der Waals surface area contributed by atoms with E-state index < -0.39 is 0 Å². The number of nitrogens with zero attached hydrogens (tertiary/aromatic N) is 2. The van der Waals surface area contributed by atoms with Crippen molar-refractivity contribution in [3.8, 4) is 0 Å². The van der Waals surface area contributed by atoms with E-state index in [4.69, 9.17) is 0 Å². The first-order chi connectivity index (χ1) is 13.6. The summed E-state index contributed by atoms with van der Waals surface area (Å²) in [4.78, 5) is 29.0. The quantitative estimate of drug-likeness (QED) is 0.468. The molecule has 2 aromatic carbocycles. The molecular weight excluding hydrogens is 388 g/mol. The molecule has 4 nitrogen and oxygen atoms in total. The van der Waals surface area contributed by atoms with Gasteiger partial charge in [0.15, 0.2) is 0 Å². The van der Waals surface area contributed by atoms with Crippen LogP contribution in [0.4, 0.5) is 0 Å². The highest BCUT2D eigenvalue weighted by atomic mass is 32.1. The van der Waals surface area contributed by atoms with Crippen LogP contribution in [0.5, 0.6) is 0 Å². The number of rotatable bonds is 5. The lowest BCUT2D eigenvalue weighted by Gasteiger charge is -2.22. The fraction of sp³-hybridized carbons (Fsp3) is 0.182. The number of amides is 2. The van der Waals surface area contributed by atoms with Crippen LogP contribution in [-0.2, 0) is 0 Å². The van der Waals surface area contributed by atoms with Gasteiger partial charge in [-0.25, -0.2) is 0 Å². The average molecular weight is 409 g/mol. The van der Waals surface area contributed by atoms with E-state index in [1.54, 1.807) is 46.6 Å². The Labute approximate surface area is 171 Å². The van der Waals surface area contributed by atoms with Crippen LogP contribution in [0, 0.1) is 0 Å². The third kappa shape index (κ3) is 3.41. The number of hydrogen-bond acceptors (Lipinski definition) is 4. The number of likely N-dealkylation sites (N-methyl/N-ethyl adjacent to an activating group) is 2. The number of carbonyl (C=O) groups excluding carboxylic acids is 2. The maximum absolute atomic E-state index is 12.8. The van der Waals surface area contributed by atoms with Crippen LogP contribution in [0.3, 0.4) is 0 Å². The standard InChI is InChI=1S/C22H20N2O2S2/c1-23(21(25)17-13-27-19-9-5-3-7-15(17)19)11-12-24(2)22(26)18-14-28-20-10-6-4-8-16(18)20/h3-10,13-14H,11-12H2,1-2H3. The summed E-state index contributed by atoms with van der Waals surface area (Å²) in [7, 11) is 3.57. The topological polar surface area (TPSA) is 40.6 Å². The van der Waals surface area contributed by atoms with Gasteiger partial charge in [0.25, 0.3) is 11.8 Å². The summed E-state index contributed by atoms with van der Waals surface area (Å²) in [5.74, 6) is -0.0291. The maximum atomic E-state index is 12.8. The molecule has 0 aliphatic carbocycles. The SMILES string of the molecule is CN(CCN(C)C(=O)c1csc2ccccc12)C(=O)c1csc2ccccc12. The van der Waals surface area contributed by atoms with Gasteiger partial charge in [-0.2, -0.15) is 0 Å². The molecular formula is C22H20N2O2S2. The van der Waals surface area contributed by atoms with E-state index in [0.717, 1.165) is 31.3 Å². The molecule has 0 aliphatic rings. The van der Waals surface area contributed by atoms with Crippen LogP contribution in [0.25, 0.3) is 20.2 Å². The first-order valence-corrected chi connectivity index (χ1v) is 10.8. The molecule has 0 aliphatic heterocycles. The van der Waals surface area contributed by atoms with Crippen molar-refractivity contribution in [1.82, 2.24) is 9.80 Å². The van der Waals surface area contributed by atoms with E-state index in [1.165, 1.54) is 0 Å². The molecule has 2 aromatic heterocycles. The van der Waals surface area contributed by atoms with Crippen molar-refractivity contribution in [1.29, 1.82) is 0 Å². The van der Waals surface area contributed by atoms with Gasteiger partial charge >= 0.3 is 0 Å².